The molecule has 0 bridgehead atoms. The summed E-state index contributed by atoms with van der Waals surface area (Å²) in [7, 11) is 0. The van der Waals surface area contributed by atoms with Gasteiger partial charge in [-0.15, -0.1) is 0 Å². The summed E-state index contributed by atoms with van der Waals surface area (Å²) in [5.41, 5.74) is 10.8. The number of aromatic nitrogens is 1. The Bertz CT molecular complexity index is 2180. The number of rotatable bonds is 21. The van der Waals surface area contributed by atoms with E-state index in [1.54, 1.807) is 12.1 Å². The fourth-order valence-electron chi connectivity index (χ4n) is 6.09. The number of halogens is 3. The lowest BCUT2D eigenvalue weighted by Gasteiger charge is -2.35. The predicted octanol–water partition coefficient (Wildman–Crippen LogP) is 3.36. The maximum Gasteiger partial charge on any atom is 0.419 e. The summed E-state index contributed by atoms with van der Waals surface area (Å²) in [6.45, 7) is 1.13. The number of carbonyl (C=O) groups is 2. The molecule has 0 aliphatic carbocycles. The number of hydrogen-bond donors (Lipinski definition) is 9. The van der Waals surface area contributed by atoms with Gasteiger partial charge in [0.25, 0.3) is 11.8 Å². The van der Waals surface area contributed by atoms with Crippen molar-refractivity contribution in [3.8, 4) is 34.5 Å². The number of fused-ring (bicyclic) bond motifs is 1. The zero-order valence-corrected chi connectivity index (χ0v) is 31.2. The molecule has 58 heavy (non-hydrogen) atoms. The van der Waals surface area contributed by atoms with Crippen molar-refractivity contribution in [2.75, 3.05) is 39.5 Å². The van der Waals surface area contributed by atoms with Crippen LogP contribution in [0.15, 0.2) is 84.9 Å². The van der Waals surface area contributed by atoms with E-state index in [4.69, 9.17) is 30.4 Å². The number of carbonyl (C=O) groups excluding carboxylic acids is 2. The summed E-state index contributed by atoms with van der Waals surface area (Å²) in [6, 6.07) is 18.2. The number of para-hydroxylation sites is 1. The Kier molecular flexibility index (Phi) is 14.3. The molecule has 0 saturated heterocycles. The number of nitrogens with one attached hydrogen (secondary N) is 3. The highest BCUT2D eigenvalue weighted by atomic mass is 19.4. The van der Waals surface area contributed by atoms with Crippen LogP contribution in [0.2, 0.25) is 0 Å². The van der Waals surface area contributed by atoms with Crippen LogP contribution < -0.4 is 41.0 Å². The minimum absolute atomic E-state index is 0.0329. The largest absolute Gasteiger partial charge is 0.507 e. The summed E-state index contributed by atoms with van der Waals surface area (Å²) in [4.78, 5) is 26.5. The number of aromatic hydroxyl groups is 2. The van der Waals surface area contributed by atoms with Crippen LogP contribution in [0.4, 0.5) is 13.2 Å². The predicted molar refractivity (Wildman–Crippen MR) is 205 cm³/mol. The molecule has 0 saturated carbocycles. The van der Waals surface area contributed by atoms with Gasteiger partial charge in [0.1, 0.15) is 72.6 Å². The van der Waals surface area contributed by atoms with Gasteiger partial charge in [0, 0.05) is 36.2 Å². The standard InChI is InChI=1S/C40H44F3N5O10/c1-22-17-25-29(48-22)6-4-8-34(25)58-37(32(51)20-46-13-15-55-23-9-11-30(49)26(18-23)38(44)53)36(33(52)21-57-35-7-3-2-5-28(35)40(41,42)43)47-14-16-56-24-10-12-31(50)27(19-24)39(45)54/h2-12,17-19,32-33,36-37,46-52H,13-16,20-21H2,1H3,(H2,44,53)(H2,45,54). The van der Waals surface area contributed by atoms with E-state index in [0.717, 1.165) is 23.3 Å². The van der Waals surface area contributed by atoms with Crippen molar-refractivity contribution in [2.45, 2.75) is 37.5 Å². The number of amides is 2. The lowest BCUT2D eigenvalue weighted by atomic mass is 9.99. The molecule has 1 heterocycles. The van der Waals surface area contributed by atoms with Crippen LogP contribution >= 0.6 is 0 Å². The number of aliphatic hydroxyl groups excluding tert-OH is 2. The first-order valence-corrected chi connectivity index (χ1v) is 18.0. The van der Waals surface area contributed by atoms with E-state index in [9.17, 15) is 43.2 Å². The number of H-pyrrole nitrogens is 1. The topological polar surface area (TPSA) is 244 Å². The van der Waals surface area contributed by atoms with E-state index < -0.39 is 60.3 Å². The molecule has 11 N–H and O–H groups in total. The SMILES string of the molecule is Cc1cc2c(OC(C(O)CNCCOc3ccc(O)c(C(N)=O)c3)C(NCCOc3ccc(O)c(C(N)=O)c3)C(O)COc3ccccc3C(F)(F)F)cccc2[nH]1. The van der Waals surface area contributed by atoms with E-state index >= 15 is 0 Å². The van der Waals surface area contributed by atoms with Crippen LogP contribution in [0.1, 0.15) is 32.0 Å². The molecule has 5 aromatic rings. The lowest BCUT2D eigenvalue weighted by molar-refractivity contribution is -0.139. The summed E-state index contributed by atoms with van der Waals surface area (Å²) in [5, 5.41) is 50.0. The van der Waals surface area contributed by atoms with Crippen LogP contribution in [0.3, 0.4) is 0 Å². The van der Waals surface area contributed by atoms with Gasteiger partial charge >= 0.3 is 6.18 Å². The van der Waals surface area contributed by atoms with Crippen molar-refractivity contribution < 1.29 is 62.1 Å². The fraction of sp³-hybridized carbons (Fsp3) is 0.300. The highest BCUT2D eigenvalue weighted by Crippen LogP contribution is 2.36. The number of benzene rings is 4. The molecule has 1 aromatic heterocycles. The number of aromatic amines is 1. The highest BCUT2D eigenvalue weighted by molar-refractivity contribution is 5.96. The van der Waals surface area contributed by atoms with Crippen molar-refractivity contribution >= 4 is 22.7 Å². The average Bonchev–Trinajstić information content (AvgIpc) is 3.57. The normalized spacial score (nSPS) is 13.7. The summed E-state index contributed by atoms with van der Waals surface area (Å²) < 4.78 is 64.8. The van der Waals surface area contributed by atoms with Gasteiger partial charge in [-0.25, -0.2) is 0 Å². The Hall–Kier alpha value is -6.21. The third kappa shape index (κ3) is 11.2. The van der Waals surface area contributed by atoms with Crippen LogP contribution in [-0.4, -0.2) is 101 Å². The number of aryl methyl sites for hydroxylation is 1. The number of nitrogens with two attached hydrogens (primary N) is 2. The number of alkyl halides is 3. The Balaban J connectivity index is 1.37. The quantitative estimate of drug-likeness (QED) is 0.0485. The average molecular weight is 812 g/mol. The Morgan fingerprint density at radius 2 is 1.38 bits per heavy atom. The maximum absolute atomic E-state index is 13.8. The van der Waals surface area contributed by atoms with E-state index in [0.29, 0.717) is 11.1 Å². The summed E-state index contributed by atoms with van der Waals surface area (Å²) >= 11 is 0. The second-order valence-electron chi connectivity index (χ2n) is 13.2. The van der Waals surface area contributed by atoms with Gasteiger partial charge in [-0.1, -0.05) is 18.2 Å². The van der Waals surface area contributed by atoms with Gasteiger partial charge in [0.2, 0.25) is 0 Å². The van der Waals surface area contributed by atoms with Crippen LogP contribution in [0.5, 0.6) is 34.5 Å². The number of ether oxygens (including phenoxy) is 4. The highest BCUT2D eigenvalue weighted by Gasteiger charge is 2.38. The monoisotopic (exact) mass is 811 g/mol. The number of primary amides is 2. The third-order valence-corrected chi connectivity index (χ3v) is 8.89. The van der Waals surface area contributed by atoms with E-state index in [1.807, 2.05) is 19.1 Å². The molecule has 0 aliphatic rings. The first-order chi connectivity index (χ1) is 27.6. The molecule has 0 aliphatic heterocycles. The molecule has 4 unspecified atom stereocenters. The third-order valence-electron chi connectivity index (χ3n) is 8.89. The van der Waals surface area contributed by atoms with Crippen LogP contribution in [0, 0.1) is 6.92 Å². The minimum Gasteiger partial charge on any atom is -0.507 e. The molecule has 4 aromatic carbocycles. The smallest absolute Gasteiger partial charge is 0.419 e. The van der Waals surface area contributed by atoms with Crippen LogP contribution in [0.25, 0.3) is 10.9 Å². The van der Waals surface area contributed by atoms with E-state index in [-0.39, 0.29) is 67.0 Å². The number of aliphatic hydroxyl groups is 2. The first-order valence-electron chi connectivity index (χ1n) is 18.0. The van der Waals surface area contributed by atoms with Gasteiger partial charge in [-0.3, -0.25) is 9.59 Å². The molecule has 5 rings (SSSR count). The zero-order valence-electron chi connectivity index (χ0n) is 31.2. The second kappa shape index (κ2) is 19.3. The Morgan fingerprint density at radius 3 is 2.00 bits per heavy atom. The molecule has 0 fully saturated rings. The molecule has 18 heteroatoms. The van der Waals surface area contributed by atoms with Gasteiger partial charge in [-0.05, 0) is 73.7 Å². The molecule has 15 nitrogen and oxygen atoms in total. The first kappa shape index (κ1) is 42.9. The molecule has 2 amide bonds. The molecule has 0 spiro atoms. The number of hydrogen-bond acceptors (Lipinski definition) is 12. The van der Waals surface area contributed by atoms with E-state index in [1.165, 1.54) is 48.5 Å². The molecule has 0 radical (unpaired) electrons. The summed E-state index contributed by atoms with van der Waals surface area (Å²) in [6.07, 6.45) is -9.02. The lowest BCUT2D eigenvalue weighted by Crippen LogP contribution is -2.59. The maximum atomic E-state index is 13.8. The van der Waals surface area contributed by atoms with Gasteiger partial charge in [-0.2, -0.15) is 13.2 Å². The van der Waals surface area contributed by atoms with Crippen molar-refractivity contribution in [1.29, 1.82) is 0 Å². The Morgan fingerprint density at radius 1 is 0.776 bits per heavy atom. The Labute approximate surface area is 330 Å². The fourth-order valence-corrected chi connectivity index (χ4v) is 6.09. The zero-order chi connectivity index (χ0) is 42.0. The molecule has 4 atom stereocenters. The van der Waals surface area contributed by atoms with Crippen molar-refractivity contribution in [2.24, 2.45) is 11.5 Å². The van der Waals surface area contributed by atoms with Crippen molar-refractivity contribution in [1.82, 2.24) is 15.6 Å². The molecule has 310 valence electrons. The minimum atomic E-state index is -4.74. The summed E-state index contributed by atoms with van der Waals surface area (Å²) in [5.74, 6) is -2.11. The molecular weight excluding hydrogens is 767 g/mol. The van der Waals surface area contributed by atoms with Gasteiger partial charge in [0.05, 0.1) is 22.7 Å². The van der Waals surface area contributed by atoms with Gasteiger partial charge in [0.15, 0.2) is 0 Å². The second-order valence-corrected chi connectivity index (χ2v) is 13.2. The molecular formula is C40H44F3N5O10. The van der Waals surface area contributed by atoms with E-state index in [2.05, 4.69) is 15.6 Å². The van der Waals surface area contributed by atoms with Crippen molar-refractivity contribution in [3.05, 3.63) is 107 Å². The van der Waals surface area contributed by atoms with Gasteiger partial charge < -0.3 is 66.5 Å². The van der Waals surface area contributed by atoms with Crippen molar-refractivity contribution in [3.63, 3.8) is 0 Å². The number of phenols is 2. The van der Waals surface area contributed by atoms with Crippen LogP contribution in [-0.2, 0) is 6.18 Å².